The molecule has 2 aromatic heterocycles. The van der Waals surface area contributed by atoms with Gasteiger partial charge in [-0.15, -0.1) is 0 Å². The molecule has 17 heavy (non-hydrogen) atoms. The summed E-state index contributed by atoms with van der Waals surface area (Å²) in [6.45, 7) is 6.75. The fourth-order valence-electron chi connectivity index (χ4n) is 1.74. The molecule has 1 N–H and O–H groups in total. The molecule has 0 spiro atoms. The fourth-order valence-corrected chi connectivity index (χ4v) is 1.74. The highest BCUT2D eigenvalue weighted by Gasteiger charge is 2.03. The Morgan fingerprint density at radius 3 is 2.88 bits per heavy atom. The summed E-state index contributed by atoms with van der Waals surface area (Å²) in [5.74, 6) is 0. The Labute approximate surface area is 102 Å². The lowest BCUT2D eigenvalue weighted by Crippen LogP contribution is -2.13. The van der Waals surface area contributed by atoms with Gasteiger partial charge in [-0.3, -0.25) is 9.67 Å². The SMILES string of the molecule is CCn1cc(CNCc2cccnc2)c(C)n1. The summed E-state index contributed by atoms with van der Waals surface area (Å²) in [5, 5.41) is 7.82. The minimum Gasteiger partial charge on any atom is -0.308 e. The molecule has 0 unspecified atom stereocenters. The van der Waals surface area contributed by atoms with Crippen molar-refractivity contribution in [2.45, 2.75) is 33.5 Å². The lowest BCUT2D eigenvalue weighted by Gasteiger charge is -2.03. The van der Waals surface area contributed by atoms with Crippen LogP contribution in [-0.4, -0.2) is 14.8 Å². The molecule has 0 aliphatic rings. The van der Waals surface area contributed by atoms with E-state index in [-0.39, 0.29) is 0 Å². The molecule has 0 aromatic carbocycles. The summed E-state index contributed by atoms with van der Waals surface area (Å²) < 4.78 is 1.97. The van der Waals surface area contributed by atoms with E-state index in [1.165, 1.54) is 11.1 Å². The third-order valence-electron chi connectivity index (χ3n) is 2.74. The molecule has 2 heterocycles. The first-order valence-corrected chi connectivity index (χ1v) is 5.92. The van der Waals surface area contributed by atoms with Crippen LogP contribution in [0.15, 0.2) is 30.7 Å². The van der Waals surface area contributed by atoms with E-state index in [4.69, 9.17) is 0 Å². The molecule has 0 bridgehead atoms. The maximum Gasteiger partial charge on any atom is 0.0638 e. The molecule has 2 aromatic rings. The fraction of sp³-hybridized carbons (Fsp3) is 0.385. The van der Waals surface area contributed by atoms with Crippen LogP contribution in [-0.2, 0) is 19.6 Å². The van der Waals surface area contributed by atoms with Crippen molar-refractivity contribution in [2.24, 2.45) is 0 Å². The quantitative estimate of drug-likeness (QED) is 0.853. The van der Waals surface area contributed by atoms with Gasteiger partial charge in [0.15, 0.2) is 0 Å². The average Bonchev–Trinajstić information content (AvgIpc) is 2.72. The molecule has 0 aliphatic heterocycles. The second-order valence-electron chi connectivity index (χ2n) is 4.06. The van der Waals surface area contributed by atoms with Gasteiger partial charge < -0.3 is 5.32 Å². The predicted octanol–water partition coefficient (Wildman–Crippen LogP) is 1.90. The largest absolute Gasteiger partial charge is 0.308 e. The molecule has 0 saturated carbocycles. The van der Waals surface area contributed by atoms with Crippen molar-refractivity contribution in [3.63, 3.8) is 0 Å². The van der Waals surface area contributed by atoms with Crippen molar-refractivity contribution in [3.05, 3.63) is 47.5 Å². The van der Waals surface area contributed by atoms with Gasteiger partial charge in [-0.05, 0) is 25.5 Å². The Morgan fingerprint density at radius 2 is 2.24 bits per heavy atom. The lowest BCUT2D eigenvalue weighted by atomic mass is 10.2. The second kappa shape index (κ2) is 5.59. The zero-order chi connectivity index (χ0) is 12.1. The molecule has 2 rings (SSSR count). The lowest BCUT2D eigenvalue weighted by molar-refractivity contribution is 0.651. The van der Waals surface area contributed by atoms with Crippen molar-refractivity contribution in [1.82, 2.24) is 20.1 Å². The first-order chi connectivity index (χ1) is 8.29. The molecular formula is C13H18N4. The first kappa shape index (κ1) is 11.8. The van der Waals surface area contributed by atoms with Crippen LogP contribution in [0.4, 0.5) is 0 Å². The van der Waals surface area contributed by atoms with E-state index in [9.17, 15) is 0 Å². The number of rotatable bonds is 5. The normalized spacial score (nSPS) is 10.7. The molecule has 0 radical (unpaired) electrons. The number of aromatic nitrogens is 3. The first-order valence-electron chi connectivity index (χ1n) is 5.92. The van der Waals surface area contributed by atoms with Gasteiger partial charge in [0.1, 0.15) is 0 Å². The molecule has 4 nitrogen and oxygen atoms in total. The number of nitrogens with one attached hydrogen (secondary N) is 1. The Kier molecular flexibility index (Phi) is 3.88. The van der Waals surface area contributed by atoms with Crippen LogP contribution >= 0.6 is 0 Å². The summed E-state index contributed by atoms with van der Waals surface area (Å²) in [4.78, 5) is 4.09. The van der Waals surface area contributed by atoms with E-state index in [1.807, 2.05) is 23.9 Å². The highest BCUT2D eigenvalue weighted by atomic mass is 15.3. The molecular weight excluding hydrogens is 212 g/mol. The number of hydrogen-bond donors (Lipinski definition) is 1. The van der Waals surface area contributed by atoms with Gasteiger partial charge in [0.2, 0.25) is 0 Å². The molecule has 4 heteroatoms. The number of pyridine rings is 1. The van der Waals surface area contributed by atoms with Gasteiger partial charge in [-0.25, -0.2) is 0 Å². The van der Waals surface area contributed by atoms with Crippen molar-refractivity contribution in [3.8, 4) is 0 Å². The molecule has 0 atom stereocenters. The molecule has 90 valence electrons. The van der Waals surface area contributed by atoms with Crippen molar-refractivity contribution < 1.29 is 0 Å². The number of aryl methyl sites for hydroxylation is 2. The number of nitrogens with zero attached hydrogens (tertiary/aromatic N) is 3. The van der Waals surface area contributed by atoms with E-state index in [1.54, 1.807) is 6.20 Å². The van der Waals surface area contributed by atoms with Gasteiger partial charge in [0.05, 0.1) is 5.69 Å². The molecule has 0 amide bonds. The summed E-state index contributed by atoms with van der Waals surface area (Å²) in [6, 6.07) is 4.03. The van der Waals surface area contributed by atoms with E-state index in [0.717, 1.165) is 25.3 Å². The standard InChI is InChI=1S/C13H18N4/c1-3-17-10-13(11(2)16-17)9-15-8-12-5-4-6-14-7-12/h4-7,10,15H,3,8-9H2,1-2H3. The predicted molar refractivity (Wildman–Crippen MR) is 67.4 cm³/mol. The van der Waals surface area contributed by atoms with Gasteiger partial charge >= 0.3 is 0 Å². The molecule has 0 aliphatic carbocycles. The van der Waals surface area contributed by atoms with Crippen LogP contribution in [0, 0.1) is 6.92 Å². The zero-order valence-electron chi connectivity index (χ0n) is 10.3. The Balaban J connectivity index is 1.88. The van der Waals surface area contributed by atoms with Gasteiger partial charge in [0.25, 0.3) is 0 Å². The van der Waals surface area contributed by atoms with Gasteiger partial charge in [0, 0.05) is 43.8 Å². The highest BCUT2D eigenvalue weighted by Crippen LogP contribution is 2.05. The summed E-state index contributed by atoms with van der Waals surface area (Å²) in [6.07, 6.45) is 5.78. The third-order valence-corrected chi connectivity index (χ3v) is 2.74. The van der Waals surface area contributed by atoms with Crippen molar-refractivity contribution in [2.75, 3.05) is 0 Å². The van der Waals surface area contributed by atoms with Crippen LogP contribution in [0.2, 0.25) is 0 Å². The maximum absolute atomic E-state index is 4.42. The summed E-state index contributed by atoms with van der Waals surface area (Å²) >= 11 is 0. The maximum atomic E-state index is 4.42. The van der Waals surface area contributed by atoms with Crippen LogP contribution < -0.4 is 5.32 Å². The zero-order valence-corrected chi connectivity index (χ0v) is 10.3. The van der Waals surface area contributed by atoms with Crippen LogP contribution in [0.1, 0.15) is 23.7 Å². The van der Waals surface area contributed by atoms with Gasteiger partial charge in [-0.1, -0.05) is 6.07 Å². The minimum atomic E-state index is 0.838. The topological polar surface area (TPSA) is 42.7 Å². The van der Waals surface area contributed by atoms with E-state index in [2.05, 4.69) is 34.6 Å². The average molecular weight is 230 g/mol. The summed E-state index contributed by atoms with van der Waals surface area (Å²) in [7, 11) is 0. The van der Waals surface area contributed by atoms with E-state index in [0.29, 0.717) is 0 Å². The third kappa shape index (κ3) is 3.14. The van der Waals surface area contributed by atoms with Crippen LogP contribution in [0.5, 0.6) is 0 Å². The summed E-state index contributed by atoms with van der Waals surface area (Å²) in [5.41, 5.74) is 3.56. The molecule has 0 saturated heterocycles. The second-order valence-corrected chi connectivity index (χ2v) is 4.06. The number of hydrogen-bond acceptors (Lipinski definition) is 3. The van der Waals surface area contributed by atoms with Crippen molar-refractivity contribution in [1.29, 1.82) is 0 Å². The smallest absolute Gasteiger partial charge is 0.0638 e. The Bertz CT molecular complexity index is 462. The molecule has 0 fully saturated rings. The van der Waals surface area contributed by atoms with Crippen LogP contribution in [0.3, 0.4) is 0 Å². The Hall–Kier alpha value is -1.68. The minimum absolute atomic E-state index is 0.838. The van der Waals surface area contributed by atoms with E-state index < -0.39 is 0 Å². The highest BCUT2D eigenvalue weighted by molar-refractivity contribution is 5.15. The van der Waals surface area contributed by atoms with E-state index >= 15 is 0 Å². The van der Waals surface area contributed by atoms with Crippen molar-refractivity contribution >= 4 is 0 Å². The monoisotopic (exact) mass is 230 g/mol. The Morgan fingerprint density at radius 1 is 1.35 bits per heavy atom. The van der Waals surface area contributed by atoms with Crippen LogP contribution in [0.25, 0.3) is 0 Å². The van der Waals surface area contributed by atoms with Gasteiger partial charge in [-0.2, -0.15) is 5.10 Å².